The van der Waals surface area contributed by atoms with Crippen LogP contribution in [0.5, 0.6) is 0 Å². The van der Waals surface area contributed by atoms with Crippen molar-refractivity contribution in [3.05, 3.63) is 75.5 Å². The molecule has 1 aromatic carbocycles. The molecule has 3 aromatic rings. The van der Waals surface area contributed by atoms with Crippen molar-refractivity contribution in [2.24, 2.45) is 12.5 Å². The molecule has 6 heteroatoms. The van der Waals surface area contributed by atoms with Crippen molar-refractivity contribution < 1.29 is 9.90 Å². The summed E-state index contributed by atoms with van der Waals surface area (Å²) in [5.74, 6) is -1.18. The van der Waals surface area contributed by atoms with Gasteiger partial charge in [0.25, 0.3) is 0 Å². The molecule has 6 nitrogen and oxygen atoms in total. The predicted octanol–water partition coefficient (Wildman–Crippen LogP) is 4.40. The number of carbonyl (C=O) groups is 1. The van der Waals surface area contributed by atoms with Gasteiger partial charge in [0, 0.05) is 49.2 Å². The molecule has 0 spiro atoms. The Kier molecular flexibility index (Phi) is 4.13. The normalized spacial score (nSPS) is 17.4. The summed E-state index contributed by atoms with van der Waals surface area (Å²) >= 11 is 0. The number of carboxylic acids is 1. The minimum Gasteiger partial charge on any atom is -0.477 e. The quantitative estimate of drug-likeness (QED) is 0.673. The summed E-state index contributed by atoms with van der Waals surface area (Å²) in [5.41, 5.74) is 7.21. The Bertz CT molecular complexity index is 1330. The van der Waals surface area contributed by atoms with Crippen LogP contribution < -0.4 is 5.43 Å². The van der Waals surface area contributed by atoms with Crippen molar-refractivity contribution in [1.82, 2.24) is 14.3 Å². The van der Waals surface area contributed by atoms with Gasteiger partial charge in [-0.2, -0.15) is 5.10 Å². The lowest BCUT2D eigenvalue weighted by molar-refractivity contribution is 0.0693. The Balaban J connectivity index is 1.66. The third kappa shape index (κ3) is 3.05. The Hall–Kier alpha value is -3.41. The van der Waals surface area contributed by atoms with E-state index in [2.05, 4.69) is 44.1 Å². The SMILES string of the molecule is Cn1cc(-c2ccc3c(c2)CC2=C3C[C@@H](C(C)(C)C)n3cc(C(=O)O)c(=O)cc32)cn1. The van der Waals surface area contributed by atoms with E-state index in [1.807, 2.05) is 24.0 Å². The van der Waals surface area contributed by atoms with Gasteiger partial charge in [0.1, 0.15) is 5.56 Å². The molecule has 1 N–H and O–H groups in total. The molecule has 3 heterocycles. The van der Waals surface area contributed by atoms with E-state index in [0.29, 0.717) is 0 Å². The van der Waals surface area contributed by atoms with Crippen molar-refractivity contribution in [2.45, 2.75) is 39.7 Å². The minimum absolute atomic E-state index is 0.0592. The number of aromatic carboxylic acids is 1. The fourth-order valence-corrected chi connectivity index (χ4v) is 4.95. The van der Waals surface area contributed by atoms with E-state index < -0.39 is 11.4 Å². The summed E-state index contributed by atoms with van der Waals surface area (Å²) in [6, 6.07) is 8.10. The third-order valence-electron chi connectivity index (χ3n) is 6.55. The highest BCUT2D eigenvalue weighted by Gasteiger charge is 2.37. The van der Waals surface area contributed by atoms with Crippen LogP contribution in [0, 0.1) is 5.41 Å². The molecule has 2 aliphatic rings. The van der Waals surface area contributed by atoms with Crippen molar-refractivity contribution in [3.8, 4) is 11.1 Å². The van der Waals surface area contributed by atoms with Gasteiger partial charge in [-0.25, -0.2) is 4.79 Å². The zero-order valence-electron chi connectivity index (χ0n) is 18.1. The van der Waals surface area contributed by atoms with Crippen molar-refractivity contribution in [3.63, 3.8) is 0 Å². The van der Waals surface area contributed by atoms with E-state index in [-0.39, 0.29) is 17.0 Å². The molecule has 1 atom stereocenters. The highest BCUT2D eigenvalue weighted by Crippen LogP contribution is 2.50. The zero-order chi connectivity index (χ0) is 22.1. The lowest BCUT2D eigenvalue weighted by Gasteiger charge is -2.39. The molecule has 31 heavy (non-hydrogen) atoms. The van der Waals surface area contributed by atoms with Crippen LogP contribution in [0.2, 0.25) is 0 Å². The number of allylic oxidation sites excluding steroid dienone is 2. The number of nitrogens with zero attached hydrogens (tertiary/aromatic N) is 3. The number of hydrogen-bond acceptors (Lipinski definition) is 3. The Morgan fingerprint density at radius 2 is 1.90 bits per heavy atom. The van der Waals surface area contributed by atoms with Crippen LogP contribution in [-0.2, 0) is 13.5 Å². The van der Waals surface area contributed by atoms with Crippen LogP contribution >= 0.6 is 0 Å². The molecular formula is C25H25N3O3. The number of carboxylic acid groups (broad SMARTS) is 1. The first-order valence-corrected chi connectivity index (χ1v) is 10.5. The van der Waals surface area contributed by atoms with E-state index in [0.717, 1.165) is 35.2 Å². The molecule has 0 radical (unpaired) electrons. The van der Waals surface area contributed by atoms with Crippen LogP contribution in [0.25, 0.3) is 22.3 Å². The lowest BCUT2D eigenvalue weighted by Crippen LogP contribution is -2.32. The maximum atomic E-state index is 12.6. The molecule has 1 aliphatic heterocycles. The number of benzene rings is 1. The summed E-state index contributed by atoms with van der Waals surface area (Å²) in [7, 11) is 1.91. The molecular weight excluding hydrogens is 390 g/mol. The number of rotatable bonds is 2. The summed E-state index contributed by atoms with van der Waals surface area (Å²) < 4.78 is 3.82. The second kappa shape index (κ2) is 6.54. The zero-order valence-corrected chi connectivity index (χ0v) is 18.1. The van der Waals surface area contributed by atoms with E-state index in [9.17, 15) is 14.7 Å². The number of aryl methyl sites for hydroxylation is 1. The van der Waals surface area contributed by atoms with Gasteiger partial charge in [-0.3, -0.25) is 9.48 Å². The first kappa shape index (κ1) is 19.5. The molecule has 158 valence electrons. The number of aromatic nitrogens is 3. The van der Waals surface area contributed by atoms with E-state index in [1.54, 1.807) is 10.9 Å². The Morgan fingerprint density at radius 1 is 1.13 bits per heavy atom. The summed E-state index contributed by atoms with van der Waals surface area (Å²) in [6.07, 6.45) is 6.96. The average Bonchev–Trinajstić information content (AvgIpc) is 3.29. The molecule has 5 rings (SSSR count). The fourth-order valence-electron chi connectivity index (χ4n) is 4.95. The van der Waals surface area contributed by atoms with Gasteiger partial charge < -0.3 is 9.67 Å². The number of fused-ring (bicyclic) bond motifs is 4. The van der Waals surface area contributed by atoms with Gasteiger partial charge >= 0.3 is 5.97 Å². The predicted molar refractivity (Wildman–Crippen MR) is 120 cm³/mol. The molecule has 1 aliphatic carbocycles. The van der Waals surface area contributed by atoms with Crippen molar-refractivity contribution in [1.29, 1.82) is 0 Å². The first-order chi connectivity index (χ1) is 14.6. The van der Waals surface area contributed by atoms with Crippen molar-refractivity contribution in [2.75, 3.05) is 0 Å². The Morgan fingerprint density at radius 3 is 2.55 bits per heavy atom. The maximum Gasteiger partial charge on any atom is 0.341 e. The standard InChI is InChI=1S/C25H25N3O3/c1-25(2,3)23-9-18-17-6-5-14(16-11-26-27(4)12-16)7-15(17)8-19(18)21-10-22(29)20(24(30)31)13-28(21)23/h5-7,10-13,23H,8-9H2,1-4H3,(H,30,31)/t23-/m0/s1. The van der Waals surface area contributed by atoms with Crippen LogP contribution in [0.15, 0.2) is 47.7 Å². The summed E-state index contributed by atoms with van der Waals surface area (Å²) in [4.78, 5) is 24.2. The van der Waals surface area contributed by atoms with Crippen LogP contribution in [0.3, 0.4) is 0 Å². The van der Waals surface area contributed by atoms with Crippen LogP contribution in [0.1, 0.15) is 60.4 Å². The van der Waals surface area contributed by atoms with Crippen molar-refractivity contribution >= 4 is 17.1 Å². The molecule has 0 saturated carbocycles. The molecule has 0 fully saturated rings. The topological polar surface area (TPSA) is 77.1 Å². The minimum atomic E-state index is -1.18. The van der Waals surface area contributed by atoms with E-state index in [1.165, 1.54) is 22.8 Å². The number of hydrogen-bond donors (Lipinski definition) is 1. The first-order valence-electron chi connectivity index (χ1n) is 10.5. The van der Waals surface area contributed by atoms with Gasteiger partial charge in [-0.05, 0) is 39.7 Å². The smallest absolute Gasteiger partial charge is 0.341 e. The highest BCUT2D eigenvalue weighted by atomic mass is 16.4. The van der Waals surface area contributed by atoms with E-state index >= 15 is 0 Å². The fraction of sp³-hybridized carbons (Fsp3) is 0.320. The molecule has 0 unspecified atom stereocenters. The van der Waals surface area contributed by atoms with Gasteiger partial charge in [0.05, 0.1) is 6.20 Å². The maximum absolute atomic E-state index is 12.6. The lowest BCUT2D eigenvalue weighted by atomic mass is 9.78. The third-order valence-corrected chi connectivity index (χ3v) is 6.55. The molecule has 0 amide bonds. The second-order valence-electron chi connectivity index (χ2n) is 9.64. The van der Waals surface area contributed by atoms with Gasteiger partial charge in [0.2, 0.25) is 0 Å². The Labute approximate surface area is 180 Å². The van der Waals surface area contributed by atoms with Gasteiger partial charge in [-0.1, -0.05) is 39.0 Å². The second-order valence-corrected chi connectivity index (χ2v) is 9.64. The highest BCUT2D eigenvalue weighted by molar-refractivity contribution is 5.98. The summed E-state index contributed by atoms with van der Waals surface area (Å²) in [5, 5.41) is 13.8. The average molecular weight is 415 g/mol. The van der Waals surface area contributed by atoms with E-state index in [4.69, 9.17) is 0 Å². The largest absolute Gasteiger partial charge is 0.477 e. The molecule has 0 bridgehead atoms. The molecule has 0 saturated heterocycles. The van der Waals surface area contributed by atoms with Crippen LogP contribution in [-0.4, -0.2) is 25.4 Å². The van der Waals surface area contributed by atoms with Gasteiger partial charge in [0.15, 0.2) is 5.43 Å². The molecule has 2 aromatic heterocycles. The monoisotopic (exact) mass is 415 g/mol. The number of pyridine rings is 1. The summed E-state index contributed by atoms with van der Waals surface area (Å²) in [6.45, 7) is 6.48. The van der Waals surface area contributed by atoms with Gasteiger partial charge in [-0.15, -0.1) is 0 Å². The van der Waals surface area contributed by atoms with Crippen LogP contribution in [0.4, 0.5) is 0 Å².